The van der Waals surface area contributed by atoms with Crippen molar-refractivity contribution in [1.82, 2.24) is 4.90 Å². The third kappa shape index (κ3) is 2.68. The van der Waals surface area contributed by atoms with Gasteiger partial charge >= 0.3 is 5.97 Å². The maximum absolute atomic E-state index is 11.4. The first kappa shape index (κ1) is 12.0. The number of piperidine rings is 1. The highest BCUT2D eigenvalue weighted by molar-refractivity contribution is 5.82. The summed E-state index contributed by atoms with van der Waals surface area (Å²) in [6.07, 6.45) is 2.71. The minimum Gasteiger partial charge on any atom is -0.468 e. The van der Waals surface area contributed by atoms with E-state index in [0.717, 1.165) is 25.8 Å². The van der Waals surface area contributed by atoms with Gasteiger partial charge in [0.25, 0.3) is 0 Å². The van der Waals surface area contributed by atoms with Crippen LogP contribution in [0.15, 0.2) is 0 Å². The lowest BCUT2D eigenvalue weighted by Gasteiger charge is -2.36. The van der Waals surface area contributed by atoms with Crippen molar-refractivity contribution < 1.29 is 14.3 Å². The van der Waals surface area contributed by atoms with Crippen molar-refractivity contribution in [2.45, 2.75) is 38.3 Å². The van der Waals surface area contributed by atoms with Crippen LogP contribution in [0.2, 0.25) is 0 Å². The fourth-order valence-electron chi connectivity index (χ4n) is 2.03. The zero-order chi connectivity index (χ0) is 11.4. The number of carbonyl (C=O) groups excluding carboxylic acids is 2. The zero-order valence-corrected chi connectivity index (χ0v) is 9.23. The summed E-state index contributed by atoms with van der Waals surface area (Å²) < 4.78 is 4.66. The van der Waals surface area contributed by atoms with Gasteiger partial charge in [0.05, 0.1) is 13.2 Å². The summed E-state index contributed by atoms with van der Waals surface area (Å²) in [4.78, 5) is 24.4. The lowest BCUT2D eigenvalue weighted by Crippen LogP contribution is -2.53. The maximum Gasteiger partial charge on any atom is 0.322 e. The summed E-state index contributed by atoms with van der Waals surface area (Å²) in [6, 6.07) is -0.722. The van der Waals surface area contributed by atoms with Crippen LogP contribution in [0.1, 0.15) is 26.2 Å². The SMILES string of the molecule is COC(=O)C(C)N1CCCCC1C(N)=O. The maximum atomic E-state index is 11.4. The van der Waals surface area contributed by atoms with Crippen molar-refractivity contribution in [3.63, 3.8) is 0 Å². The van der Waals surface area contributed by atoms with E-state index in [-0.39, 0.29) is 17.9 Å². The van der Waals surface area contributed by atoms with E-state index in [4.69, 9.17) is 5.73 Å². The Labute approximate surface area is 89.6 Å². The highest BCUT2D eigenvalue weighted by Gasteiger charge is 2.33. The number of nitrogens with zero attached hydrogens (tertiary/aromatic N) is 1. The number of carbonyl (C=O) groups is 2. The second-order valence-corrected chi connectivity index (χ2v) is 3.85. The number of methoxy groups -OCH3 is 1. The topological polar surface area (TPSA) is 72.6 Å². The molecule has 0 bridgehead atoms. The molecule has 0 radical (unpaired) electrons. The van der Waals surface area contributed by atoms with Crippen LogP contribution in [0.25, 0.3) is 0 Å². The largest absolute Gasteiger partial charge is 0.468 e. The first-order valence-electron chi connectivity index (χ1n) is 5.20. The number of hydrogen-bond acceptors (Lipinski definition) is 4. The van der Waals surface area contributed by atoms with Crippen LogP contribution in [0, 0.1) is 0 Å². The molecule has 15 heavy (non-hydrogen) atoms. The van der Waals surface area contributed by atoms with Gasteiger partial charge in [-0.25, -0.2) is 0 Å². The van der Waals surface area contributed by atoms with E-state index in [9.17, 15) is 9.59 Å². The number of likely N-dealkylation sites (tertiary alicyclic amines) is 1. The second-order valence-electron chi connectivity index (χ2n) is 3.85. The fraction of sp³-hybridized carbons (Fsp3) is 0.800. The van der Waals surface area contributed by atoms with Gasteiger partial charge in [0.2, 0.25) is 5.91 Å². The molecule has 86 valence electrons. The molecular formula is C10H18N2O3. The highest BCUT2D eigenvalue weighted by atomic mass is 16.5. The Kier molecular flexibility index (Phi) is 4.08. The highest BCUT2D eigenvalue weighted by Crippen LogP contribution is 2.19. The van der Waals surface area contributed by atoms with E-state index < -0.39 is 6.04 Å². The van der Waals surface area contributed by atoms with Crippen LogP contribution < -0.4 is 5.73 Å². The molecule has 5 nitrogen and oxygen atoms in total. The summed E-state index contributed by atoms with van der Waals surface area (Å²) in [5.41, 5.74) is 5.30. The van der Waals surface area contributed by atoms with Crippen LogP contribution in [-0.4, -0.2) is 42.5 Å². The number of amides is 1. The molecule has 0 aromatic carbocycles. The van der Waals surface area contributed by atoms with Crippen LogP contribution in [0.5, 0.6) is 0 Å². The molecule has 0 saturated carbocycles. The van der Waals surface area contributed by atoms with Crippen LogP contribution in [0.3, 0.4) is 0 Å². The molecule has 0 aromatic heterocycles. The minimum atomic E-state index is -0.396. The molecule has 2 unspecified atom stereocenters. The van der Waals surface area contributed by atoms with Crippen molar-refractivity contribution >= 4 is 11.9 Å². The van der Waals surface area contributed by atoms with Crippen molar-refractivity contribution in [2.24, 2.45) is 5.73 Å². The molecule has 5 heteroatoms. The van der Waals surface area contributed by atoms with Crippen molar-refractivity contribution in [3.05, 3.63) is 0 Å². The van der Waals surface area contributed by atoms with E-state index in [2.05, 4.69) is 4.74 Å². The first-order chi connectivity index (χ1) is 7.07. The van der Waals surface area contributed by atoms with Crippen LogP contribution in [0.4, 0.5) is 0 Å². The Bertz CT molecular complexity index is 255. The zero-order valence-electron chi connectivity index (χ0n) is 9.23. The van der Waals surface area contributed by atoms with Gasteiger partial charge in [0.1, 0.15) is 6.04 Å². The molecule has 0 aromatic rings. The average molecular weight is 214 g/mol. The summed E-state index contributed by atoms with van der Waals surface area (Å²) in [5, 5.41) is 0. The van der Waals surface area contributed by atoms with E-state index in [1.165, 1.54) is 7.11 Å². The third-order valence-corrected chi connectivity index (χ3v) is 2.91. The average Bonchev–Trinajstić information content (AvgIpc) is 2.27. The van der Waals surface area contributed by atoms with Crippen molar-refractivity contribution in [2.75, 3.05) is 13.7 Å². The molecule has 1 heterocycles. The predicted molar refractivity (Wildman–Crippen MR) is 55.0 cm³/mol. The lowest BCUT2D eigenvalue weighted by atomic mass is 9.99. The number of rotatable bonds is 3. The van der Waals surface area contributed by atoms with Gasteiger partial charge in [-0.1, -0.05) is 6.42 Å². The molecular weight excluding hydrogens is 196 g/mol. The summed E-state index contributed by atoms with van der Waals surface area (Å²) in [7, 11) is 1.35. The first-order valence-corrected chi connectivity index (χ1v) is 5.20. The molecule has 0 aliphatic carbocycles. The van der Waals surface area contributed by atoms with Crippen LogP contribution in [-0.2, 0) is 14.3 Å². The van der Waals surface area contributed by atoms with Gasteiger partial charge in [-0.05, 0) is 26.3 Å². The molecule has 2 atom stereocenters. The molecule has 1 aliphatic rings. The lowest BCUT2D eigenvalue weighted by molar-refractivity contribution is -0.148. The van der Waals surface area contributed by atoms with Crippen molar-refractivity contribution in [3.8, 4) is 0 Å². The molecule has 1 fully saturated rings. The van der Waals surface area contributed by atoms with Gasteiger partial charge in [0, 0.05) is 0 Å². The predicted octanol–water partition coefficient (Wildman–Crippen LogP) is -0.112. The molecule has 1 saturated heterocycles. The number of ether oxygens (including phenoxy) is 1. The molecule has 2 N–H and O–H groups in total. The number of esters is 1. The standard InChI is InChI=1S/C10H18N2O3/c1-7(10(14)15-2)12-6-4-3-5-8(12)9(11)13/h7-8H,3-6H2,1-2H3,(H2,11,13). The van der Waals surface area contributed by atoms with Gasteiger partial charge < -0.3 is 10.5 Å². The number of primary amides is 1. The molecule has 1 rings (SSSR count). The van der Waals surface area contributed by atoms with E-state index in [1.54, 1.807) is 6.92 Å². The van der Waals surface area contributed by atoms with E-state index >= 15 is 0 Å². The smallest absolute Gasteiger partial charge is 0.322 e. The van der Waals surface area contributed by atoms with Crippen LogP contribution >= 0.6 is 0 Å². The van der Waals surface area contributed by atoms with Gasteiger partial charge in [-0.2, -0.15) is 0 Å². The minimum absolute atomic E-state index is 0.317. The van der Waals surface area contributed by atoms with Gasteiger partial charge in [-0.15, -0.1) is 0 Å². The van der Waals surface area contributed by atoms with E-state index in [1.807, 2.05) is 4.90 Å². The molecule has 0 spiro atoms. The summed E-state index contributed by atoms with van der Waals surface area (Å²) in [6.45, 7) is 2.47. The Balaban J connectivity index is 2.71. The second kappa shape index (κ2) is 5.11. The quantitative estimate of drug-likeness (QED) is 0.665. The molecule has 1 amide bonds. The Morgan fingerprint density at radius 1 is 1.47 bits per heavy atom. The fourth-order valence-corrected chi connectivity index (χ4v) is 2.03. The van der Waals surface area contributed by atoms with E-state index in [0.29, 0.717) is 0 Å². The van der Waals surface area contributed by atoms with Gasteiger partial charge in [-0.3, -0.25) is 14.5 Å². The Morgan fingerprint density at radius 2 is 2.13 bits per heavy atom. The van der Waals surface area contributed by atoms with Gasteiger partial charge in [0.15, 0.2) is 0 Å². The number of nitrogens with two attached hydrogens (primary N) is 1. The van der Waals surface area contributed by atoms with Crippen molar-refractivity contribution in [1.29, 1.82) is 0 Å². The molecule has 1 aliphatic heterocycles. The summed E-state index contributed by atoms with van der Waals surface area (Å²) >= 11 is 0. The Morgan fingerprint density at radius 3 is 2.67 bits per heavy atom. The number of hydrogen-bond donors (Lipinski definition) is 1. The Hall–Kier alpha value is -1.10. The monoisotopic (exact) mass is 214 g/mol. The summed E-state index contributed by atoms with van der Waals surface area (Å²) in [5.74, 6) is -0.673. The third-order valence-electron chi connectivity index (χ3n) is 2.91. The normalized spacial score (nSPS) is 24.5.